The molecule has 4 nitrogen and oxygen atoms in total. The van der Waals surface area contributed by atoms with Crippen molar-refractivity contribution in [2.45, 2.75) is 12.8 Å². The number of nitrogens with zero attached hydrogens (tertiary/aromatic N) is 2. The molecule has 0 N–H and O–H groups in total. The summed E-state index contributed by atoms with van der Waals surface area (Å²) in [5.41, 5.74) is 1.54. The average Bonchev–Trinajstić information content (AvgIpc) is 3.34. The van der Waals surface area contributed by atoms with E-state index in [9.17, 15) is 9.18 Å². The van der Waals surface area contributed by atoms with Crippen LogP contribution in [0.5, 0.6) is 0 Å². The van der Waals surface area contributed by atoms with E-state index in [1.807, 2.05) is 17.0 Å². The molecule has 25 heavy (non-hydrogen) atoms. The first kappa shape index (κ1) is 15.6. The van der Waals surface area contributed by atoms with Crippen LogP contribution in [0, 0.1) is 5.82 Å². The first-order valence-corrected chi connectivity index (χ1v) is 8.33. The summed E-state index contributed by atoms with van der Waals surface area (Å²) >= 11 is 0. The summed E-state index contributed by atoms with van der Waals surface area (Å²) in [7, 11) is 0. The molecular weight excluding hydrogens is 319 g/mol. The lowest BCUT2D eigenvalue weighted by atomic mass is 10.1. The number of aromatic nitrogens is 1. The second kappa shape index (κ2) is 6.51. The van der Waals surface area contributed by atoms with Crippen molar-refractivity contribution >= 4 is 5.91 Å². The molecule has 5 heteroatoms. The van der Waals surface area contributed by atoms with Gasteiger partial charge in [0.1, 0.15) is 5.82 Å². The van der Waals surface area contributed by atoms with E-state index in [1.165, 1.54) is 12.3 Å². The maximum absolute atomic E-state index is 14.0. The van der Waals surface area contributed by atoms with Gasteiger partial charge < -0.3 is 9.32 Å². The van der Waals surface area contributed by atoms with Crippen molar-refractivity contribution in [1.29, 1.82) is 0 Å². The molecule has 1 saturated heterocycles. The van der Waals surface area contributed by atoms with Crippen LogP contribution in [0.2, 0.25) is 0 Å². The number of hydrogen-bond acceptors (Lipinski definition) is 3. The van der Waals surface area contributed by atoms with E-state index in [1.54, 1.807) is 30.3 Å². The molecule has 0 spiro atoms. The highest BCUT2D eigenvalue weighted by Gasteiger charge is 2.23. The molecule has 2 aromatic carbocycles. The number of hydrogen-bond donors (Lipinski definition) is 0. The molecule has 126 valence electrons. The minimum atomic E-state index is -0.369. The second-order valence-electron chi connectivity index (χ2n) is 6.05. The van der Waals surface area contributed by atoms with E-state index < -0.39 is 0 Å². The number of likely N-dealkylation sites (tertiary alicyclic amines) is 1. The van der Waals surface area contributed by atoms with Gasteiger partial charge >= 0.3 is 0 Å². The molecular formula is C20H17FN2O2. The van der Waals surface area contributed by atoms with Crippen LogP contribution in [0.4, 0.5) is 4.39 Å². The van der Waals surface area contributed by atoms with Crippen molar-refractivity contribution < 1.29 is 13.6 Å². The Morgan fingerprint density at radius 3 is 2.44 bits per heavy atom. The van der Waals surface area contributed by atoms with Gasteiger partial charge in [-0.3, -0.25) is 4.79 Å². The second-order valence-corrected chi connectivity index (χ2v) is 6.05. The van der Waals surface area contributed by atoms with Gasteiger partial charge in [-0.15, -0.1) is 0 Å². The Labute approximate surface area is 144 Å². The number of halogens is 1. The number of carbonyl (C=O) groups is 1. The first-order valence-electron chi connectivity index (χ1n) is 8.33. The molecule has 0 atom stereocenters. The minimum Gasteiger partial charge on any atom is -0.436 e. The maximum atomic E-state index is 14.0. The van der Waals surface area contributed by atoms with Crippen LogP contribution in [0.1, 0.15) is 23.2 Å². The molecule has 0 unspecified atom stereocenters. The van der Waals surface area contributed by atoms with E-state index >= 15 is 0 Å². The van der Waals surface area contributed by atoms with E-state index in [0.717, 1.165) is 25.9 Å². The Kier molecular flexibility index (Phi) is 4.06. The first-order chi connectivity index (χ1) is 12.2. The van der Waals surface area contributed by atoms with Gasteiger partial charge in [-0.05, 0) is 37.1 Å². The zero-order valence-corrected chi connectivity index (χ0v) is 13.6. The molecule has 1 aromatic heterocycles. The maximum Gasteiger partial charge on any atom is 0.254 e. The van der Waals surface area contributed by atoms with Crippen molar-refractivity contribution in [1.82, 2.24) is 9.88 Å². The average molecular weight is 336 g/mol. The van der Waals surface area contributed by atoms with Crippen molar-refractivity contribution in [2.24, 2.45) is 0 Å². The number of rotatable bonds is 3. The number of oxazole rings is 1. The third-order valence-electron chi connectivity index (χ3n) is 4.43. The highest BCUT2D eigenvalue weighted by Crippen LogP contribution is 2.30. The Hall–Kier alpha value is -2.95. The SMILES string of the molecule is O=C(c1ccccc1-c1ncc(-c2ccccc2F)o1)N1CCCC1. The predicted octanol–water partition coefficient (Wildman–Crippen LogP) is 4.38. The van der Waals surface area contributed by atoms with E-state index in [0.29, 0.717) is 28.3 Å². The van der Waals surface area contributed by atoms with Crippen LogP contribution in [0.25, 0.3) is 22.8 Å². The molecule has 4 rings (SSSR count). The number of amides is 1. The lowest BCUT2D eigenvalue weighted by Gasteiger charge is -2.16. The topological polar surface area (TPSA) is 46.3 Å². The summed E-state index contributed by atoms with van der Waals surface area (Å²) in [5.74, 6) is 0.281. The molecule has 1 amide bonds. The van der Waals surface area contributed by atoms with E-state index in [-0.39, 0.29) is 11.7 Å². The molecule has 0 bridgehead atoms. The van der Waals surface area contributed by atoms with Gasteiger partial charge in [0.2, 0.25) is 5.89 Å². The standard InChI is InChI=1S/C20H17FN2O2/c21-17-10-4-3-9-16(17)18-13-22-19(25-18)14-7-1-2-8-15(14)20(24)23-11-5-6-12-23/h1-4,7-10,13H,5-6,11-12H2. The summed E-state index contributed by atoms with van der Waals surface area (Å²) < 4.78 is 19.7. The zero-order chi connectivity index (χ0) is 17.2. The lowest BCUT2D eigenvalue weighted by Crippen LogP contribution is -2.28. The Bertz CT molecular complexity index is 913. The fourth-order valence-electron chi connectivity index (χ4n) is 3.13. The Balaban J connectivity index is 1.72. The summed E-state index contributed by atoms with van der Waals surface area (Å²) in [6, 6.07) is 13.6. The van der Waals surface area contributed by atoms with Gasteiger partial charge in [-0.1, -0.05) is 24.3 Å². The van der Waals surface area contributed by atoms with Gasteiger partial charge in [0.05, 0.1) is 17.3 Å². The predicted molar refractivity (Wildman–Crippen MR) is 92.5 cm³/mol. The van der Waals surface area contributed by atoms with E-state index in [4.69, 9.17) is 4.42 Å². The molecule has 2 heterocycles. The van der Waals surface area contributed by atoms with Crippen LogP contribution in [0.3, 0.4) is 0 Å². The molecule has 0 saturated carbocycles. The highest BCUT2D eigenvalue weighted by atomic mass is 19.1. The van der Waals surface area contributed by atoms with Gasteiger partial charge in [0.15, 0.2) is 5.76 Å². The quantitative estimate of drug-likeness (QED) is 0.713. The van der Waals surface area contributed by atoms with Crippen LogP contribution in [-0.2, 0) is 0 Å². The third-order valence-corrected chi connectivity index (χ3v) is 4.43. The molecule has 0 aliphatic carbocycles. The summed E-state index contributed by atoms with van der Waals surface area (Å²) in [5, 5.41) is 0. The van der Waals surface area contributed by atoms with E-state index in [2.05, 4.69) is 4.98 Å². The lowest BCUT2D eigenvalue weighted by molar-refractivity contribution is 0.0793. The van der Waals surface area contributed by atoms with Gasteiger partial charge in [0.25, 0.3) is 5.91 Å². The van der Waals surface area contributed by atoms with Crippen molar-refractivity contribution in [3.8, 4) is 22.8 Å². The van der Waals surface area contributed by atoms with Crippen LogP contribution < -0.4 is 0 Å². The smallest absolute Gasteiger partial charge is 0.254 e. The number of benzene rings is 2. The van der Waals surface area contributed by atoms with Crippen molar-refractivity contribution in [2.75, 3.05) is 13.1 Å². The summed E-state index contributed by atoms with van der Waals surface area (Å²) in [6.07, 6.45) is 3.56. The van der Waals surface area contributed by atoms with Crippen molar-refractivity contribution in [3.05, 3.63) is 66.1 Å². The third kappa shape index (κ3) is 2.93. The summed E-state index contributed by atoms with van der Waals surface area (Å²) in [6.45, 7) is 1.55. The van der Waals surface area contributed by atoms with Crippen LogP contribution in [0.15, 0.2) is 59.1 Å². The number of carbonyl (C=O) groups excluding carboxylic acids is 1. The molecule has 1 fully saturated rings. The minimum absolute atomic E-state index is 0.0151. The zero-order valence-electron chi connectivity index (χ0n) is 13.6. The Morgan fingerprint density at radius 2 is 1.68 bits per heavy atom. The van der Waals surface area contributed by atoms with Crippen LogP contribution >= 0.6 is 0 Å². The highest BCUT2D eigenvalue weighted by molar-refractivity contribution is 6.00. The van der Waals surface area contributed by atoms with Gasteiger partial charge in [-0.25, -0.2) is 9.37 Å². The summed E-state index contributed by atoms with van der Waals surface area (Å²) in [4.78, 5) is 18.9. The van der Waals surface area contributed by atoms with Crippen molar-refractivity contribution in [3.63, 3.8) is 0 Å². The molecule has 1 aliphatic rings. The normalized spacial score (nSPS) is 14.0. The monoisotopic (exact) mass is 336 g/mol. The largest absolute Gasteiger partial charge is 0.436 e. The molecule has 1 aliphatic heterocycles. The molecule has 3 aromatic rings. The van der Waals surface area contributed by atoms with Gasteiger partial charge in [0, 0.05) is 18.7 Å². The van der Waals surface area contributed by atoms with Gasteiger partial charge in [-0.2, -0.15) is 0 Å². The fourth-order valence-corrected chi connectivity index (χ4v) is 3.13. The Morgan fingerprint density at radius 1 is 1.00 bits per heavy atom. The molecule has 0 radical (unpaired) electrons. The fraction of sp³-hybridized carbons (Fsp3) is 0.200. The van der Waals surface area contributed by atoms with Crippen LogP contribution in [-0.4, -0.2) is 28.9 Å².